The highest BCUT2D eigenvalue weighted by Gasteiger charge is 2.13. The number of nitrogens with zero attached hydrogens (tertiary/aromatic N) is 2. The predicted octanol–water partition coefficient (Wildman–Crippen LogP) is 6.28. The average Bonchev–Trinajstić information content (AvgIpc) is 2.83. The molecule has 1 heterocycles. The maximum atomic E-state index is 13.3. The number of aromatic nitrogens is 2. The number of unbranched alkanes of at least 4 members (excludes halogenated alkanes) is 2. The molecular formula is C27H27ClN2O3. The zero-order chi connectivity index (χ0) is 23.2. The van der Waals surface area contributed by atoms with E-state index in [0.29, 0.717) is 34.9 Å². The maximum absolute atomic E-state index is 13.3. The molecule has 0 aliphatic rings. The summed E-state index contributed by atoms with van der Waals surface area (Å²) in [5, 5.41) is 1.35. The number of benzene rings is 3. The first-order valence-corrected chi connectivity index (χ1v) is 11.5. The number of methoxy groups -OCH3 is 1. The fourth-order valence-electron chi connectivity index (χ4n) is 3.84. The number of ether oxygens (including phenoxy) is 2. The highest BCUT2D eigenvalue weighted by Crippen LogP contribution is 2.23. The normalized spacial score (nSPS) is 11.0. The van der Waals surface area contributed by atoms with E-state index in [4.69, 9.17) is 26.1 Å². The molecule has 0 N–H and O–H groups in total. The number of para-hydroxylation sites is 1. The topological polar surface area (TPSA) is 53.3 Å². The van der Waals surface area contributed by atoms with Crippen molar-refractivity contribution in [3.63, 3.8) is 0 Å². The van der Waals surface area contributed by atoms with Gasteiger partial charge in [0.25, 0.3) is 5.56 Å². The van der Waals surface area contributed by atoms with Crippen LogP contribution in [-0.2, 0) is 6.54 Å². The minimum atomic E-state index is -0.0144. The van der Waals surface area contributed by atoms with Crippen molar-refractivity contribution in [3.05, 3.63) is 87.7 Å². The van der Waals surface area contributed by atoms with Gasteiger partial charge in [-0.25, -0.2) is 4.98 Å². The van der Waals surface area contributed by atoms with Crippen LogP contribution in [0.25, 0.3) is 22.3 Å². The Morgan fingerprint density at radius 2 is 1.76 bits per heavy atom. The van der Waals surface area contributed by atoms with Crippen LogP contribution in [0.1, 0.15) is 24.8 Å². The third-order valence-electron chi connectivity index (χ3n) is 5.63. The maximum Gasteiger partial charge on any atom is 0.261 e. The van der Waals surface area contributed by atoms with E-state index in [1.807, 2.05) is 73.7 Å². The molecule has 5 nitrogen and oxygen atoms in total. The van der Waals surface area contributed by atoms with Gasteiger partial charge in [0, 0.05) is 17.1 Å². The molecule has 1 aromatic heterocycles. The fraction of sp³-hybridized carbons (Fsp3) is 0.259. The molecule has 0 spiro atoms. The first-order valence-electron chi connectivity index (χ1n) is 11.1. The predicted molar refractivity (Wildman–Crippen MR) is 134 cm³/mol. The van der Waals surface area contributed by atoms with Gasteiger partial charge < -0.3 is 9.47 Å². The van der Waals surface area contributed by atoms with E-state index >= 15 is 0 Å². The molecule has 4 aromatic rings. The Morgan fingerprint density at radius 1 is 0.970 bits per heavy atom. The van der Waals surface area contributed by atoms with Gasteiger partial charge in [-0.2, -0.15) is 0 Å². The minimum Gasteiger partial charge on any atom is -0.497 e. The monoisotopic (exact) mass is 462 g/mol. The van der Waals surface area contributed by atoms with Gasteiger partial charge in [0.15, 0.2) is 0 Å². The summed E-state index contributed by atoms with van der Waals surface area (Å²) in [5.41, 5.74) is 2.61. The summed E-state index contributed by atoms with van der Waals surface area (Å²) in [4.78, 5) is 18.1. The average molecular weight is 463 g/mol. The second-order valence-corrected chi connectivity index (χ2v) is 8.39. The molecule has 33 heavy (non-hydrogen) atoms. The third-order valence-corrected chi connectivity index (χ3v) is 5.87. The van der Waals surface area contributed by atoms with Gasteiger partial charge in [0.05, 0.1) is 24.6 Å². The minimum absolute atomic E-state index is 0.0144. The fourth-order valence-corrected chi connectivity index (χ4v) is 4.07. The van der Waals surface area contributed by atoms with Crippen molar-refractivity contribution >= 4 is 22.5 Å². The third kappa shape index (κ3) is 5.37. The van der Waals surface area contributed by atoms with Gasteiger partial charge in [0.1, 0.15) is 17.3 Å². The molecule has 0 radical (unpaired) electrons. The summed E-state index contributed by atoms with van der Waals surface area (Å²) < 4.78 is 12.9. The van der Waals surface area contributed by atoms with Crippen LogP contribution in [0.5, 0.6) is 11.5 Å². The van der Waals surface area contributed by atoms with Gasteiger partial charge in [-0.05, 0) is 86.3 Å². The van der Waals surface area contributed by atoms with Crippen LogP contribution in [0.3, 0.4) is 0 Å². The summed E-state index contributed by atoms with van der Waals surface area (Å²) in [6.45, 7) is 3.21. The van der Waals surface area contributed by atoms with Crippen molar-refractivity contribution in [2.75, 3.05) is 13.7 Å². The molecule has 3 aromatic carbocycles. The van der Waals surface area contributed by atoms with Gasteiger partial charge in [-0.3, -0.25) is 9.36 Å². The molecule has 0 bridgehead atoms. The van der Waals surface area contributed by atoms with Crippen LogP contribution in [0.4, 0.5) is 0 Å². The molecule has 0 saturated carbocycles. The van der Waals surface area contributed by atoms with E-state index in [-0.39, 0.29) is 5.56 Å². The van der Waals surface area contributed by atoms with Crippen molar-refractivity contribution in [2.24, 2.45) is 0 Å². The Balaban J connectivity index is 1.46. The van der Waals surface area contributed by atoms with Gasteiger partial charge in [0.2, 0.25) is 0 Å². The first-order chi connectivity index (χ1) is 16.1. The summed E-state index contributed by atoms with van der Waals surface area (Å²) in [5.74, 6) is 2.30. The number of rotatable bonds is 9. The summed E-state index contributed by atoms with van der Waals surface area (Å²) in [6.07, 6.45) is 2.69. The Morgan fingerprint density at radius 3 is 2.52 bits per heavy atom. The van der Waals surface area contributed by atoms with Crippen molar-refractivity contribution in [1.29, 1.82) is 0 Å². The summed E-state index contributed by atoms with van der Waals surface area (Å²) >= 11 is 6.00. The summed E-state index contributed by atoms with van der Waals surface area (Å²) in [7, 11) is 1.64. The largest absolute Gasteiger partial charge is 0.497 e. The number of halogens is 1. The number of hydrogen-bond donors (Lipinski definition) is 0. The molecule has 4 rings (SSSR count). The van der Waals surface area contributed by atoms with Crippen molar-refractivity contribution in [1.82, 2.24) is 9.55 Å². The standard InChI is InChI=1S/C27H27ClN2O3/c1-19-18-21(28)12-15-25(19)33-17-7-3-6-16-30-26(20-10-13-22(32-2)14-11-20)29-24-9-5-4-8-23(24)27(30)31/h4-5,8-15,18H,3,6-7,16-17H2,1-2H3. The highest BCUT2D eigenvalue weighted by molar-refractivity contribution is 6.30. The Kier molecular flexibility index (Phi) is 7.30. The van der Waals surface area contributed by atoms with Gasteiger partial charge >= 0.3 is 0 Å². The highest BCUT2D eigenvalue weighted by atomic mass is 35.5. The Bertz CT molecular complexity index is 1300. The molecule has 6 heteroatoms. The lowest BCUT2D eigenvalue weighted by Crippen LogP contribution is -2.23. The van der Waals surface area contributed by atoms with Gasteiger partial charge in [-0.1, -0.05) is 23.7 Å². The molecule has 0 amide bonds. The van der Waals surface area contributed by atoms with Crippen LogP contribution in [0.15, 0.2) is 71.5 Å². The van der Waals surface area contributed by atoms with Crippen molar-refractivity contribution in [2.45, 2.75) is 32.7 Å². The molecular weight excluding hydrogens is 436 g/mol. The molecule has 0 saturated heterocycles. The number of hydrogen-bond acceptors (Lipinski definition) is 4. The smallest absolute Gasteiger partial charge is 0.261 e. The quantitative estimate of drug-likeness (QED) is 0.274. The number of fused-ring (bicyclic) bond motifs is 1. The van der Waals surface area contributed by atoms with E-state index in [0.717, 1.165) is 41.9 Å². The lowest BCUT2D eigenvalue weighted by molar-refractivity contribution is 0.302. The zero-order valence-corrected chi connectivity index (χ0v) is 19.6. The second kappa shape index (κ2) is 10.5. The van der Waals surface area contributed by atoms with E-state index < -0.39 is 0 Å². The van der Waals surface area contributed by atoms with Crippen LogP contribution in [0.2, 0.25) is 5.02 Å². The SMILES string of the molecule is COc1ccc(-c2nc3ccccc3c(=O)n2CCCCCOc2ccc(Cl)cc2C)cc1. The van der Waals surface area contributed by atoms with Crippen LogP contribution >= 0.6 is 11.6 Å². The second-order valence-electron chi connectivity index (χ2n) is 7.96. The lowest BCUT2D eigenvalue weighted by atomic mass is 10.1. The lowest BCUT2D eigenvalue weighted by Gasteiger charge is -2.14. The van der Waals surface area contributed by atoms with Gasteiger partial charge in [-0.15, -0.1) is 0 Å². The summed E-state index contributed by atoms with van der Waals surface area (Å²) in [6, 6.07) is 20.8. The molecule has 170 valence electrons. The van der Waals surface area contributed by atoms with Crippen LogP contribution in [-0.4, -0.2) is 23.3 Å². The van der Waals surface area contributed by atoms with E-state index in [2.05, 4.69) is 0 Å². The van der Waals surface area contributed by atoms with Crippen molar-refractivity contribution < 1.29 is 9.47 Å². The molecule has 0 aliphatic carbocycles. The van der Waals surface area contributed by atoms with Crippen LogP contribution in [0, 0.1) is 6.92 Å². The zero-order valence-electron chi connectivity index (χ0n) is 18.9. The molecule has 0 fully saturated rings. The Hall–Kier alpha value is -3.31. The van der Waals surface area contributed by atoms with E-state index in [9.17, 15) is 4.79 Å². The first kappa shape index (κ1) is 22.9. The molecule has 0 atom stereocenters. The number of aryl methyl sites for hydroxylation is 1. The van der Waals surface area contributed by atoms with E-state index in [1.54, 1.807) is 11.7 Å². The van der Waals surface area contributed by atoms with E-state index in [1.165, 1.54) is 0 Å². The van der Waals surface area contributed by atoms with Crippen molar-refractivity contribution in [3.8, 4) is 22.9 Å². The molecule has 0 unspecified atom stereocenters. The van der Waals surface area contributed by atoms with Crippen LogP contribution < -0.4 is 15.0 Å². The Labute approximate surface area is 198 Å². The molecule has 0 aliphatic heterocycles.